The molecule has 1 aromatic heterocycles. The fourth-order valence-electron chi connectivity index (χ4n) is 2.27. The van der Waals surface area contributed by atoms with Crippen LogP contribution in [0.3, 0.4) is 0 Å². The number of nitrogens with two attached hydrogens (primary N) is 1. The lowest BCUT2D eigenvalue weighted by atomic mass is 9.85. The molecule has 2 rings (SSSR count). The van der Waals surface area contributed by atoms with Crippen molar-refractivity contribution in [2.45, 2.75) is 38.0 Å². The molecular weight excluding hydrogens is 160 g/mol. The first-order chi connectivity index (χ1) is 6.27. The Balaban J connectivity index is 2.14. The maximum absolute atomic E-state index is 5.81. The van der Waals surface area contributed by atoms with Crippen molar-refractivity contribution in [3.8, 4) is 0 Å². The normalized spacial score (nSPS) is 19.2. The molecule has 1 saturated carbocycles. The highest BCUT2D eigenvalue weighted by Gasteiger charge is 2.16. The molecule has 1 aromatic rings. The molecule has 2 nitrogen and oxygen atoms in total. The van der Waals surface area contributed by atoms with Crippen LogP contribution in [-0.4, -0.2) is 4.57 Å². The van der Waals surface area contributed by atoms with Crippen LogP contribution in [0, 0.1) is 0 Å². The third kappa shape index (κ3) is 1.71. The van der Waals surface area contributed by atoms with Crippen LogP contribution in [0.4, 0.5) is 5.82 Å². The summed E-state index contributed by atoms with van der Waals surface area (Å²) in [5.41, 5.74) is 7.25. The molecule has 1 fully saturated rings. The van der Waals surface area contributed by atoms with Gasteiger partial charge < -0.3 is 10.3 Å². The fraction of sp³-hybridized carbons (Fsp3) is 0.636. The number of hydrogen-bond donors (Lipinski definition) is 1. The molecule has 1 aliphatic carbocycles. The van der Waals surface area contributed by atoms with E-state index in [2.05, 4.69) is 12.3 Å². The molecular formula is C11H18N2. The maximum atomic E-state index is 5.81. The van der Waals surface area contributed by atoms with Gasteiger partial charge in [0.15, 0.2) is 0 Å². The van der Waals surface area contributed by atoms with E-state index in [0.717, 1.165) is 11.7 Å². The minimum Gasteiger partial charge on any atom is -0.385 e. The van der Waals surface area contributed by atoms with Crippen LogP contribution in [0.25, 0.3) is 0 Å². The molecule has 0 aliphatic heterocycles. The van der Waals surface area contributed by atoms with Crippen molar-refractivity contribution in [1.82, 2.24) is 4.57 Å². The number of nitrogen functional groups attached to an aromatic ring is 1. The van der Waals surface area contributed by atoms with Gasteiger partial charge in [-0.1, -0.05) is 19.3 Å². The molecule has 0 atom stereocenters. The summed E-state index contributed by atoms with van der Waals surface area (Å²) in [5.74, 6) is 1.66. The molecule has 2 N–H and O–H groups in total. The van der Waals surface area contributed by atoms with Gasteiger partial charge in [0.05, 0.1) is 0 Å². The summed E-state index contributed by atoms with van der Waals surface area (Å²) in [6, 6.07) is 2.13. The van der Waals surface area contributed by atoms with Crippen molar-refractivity contribution in [2.75, 3.05) is 5.73 Å². The van der Waals surface area contributed by atoms with Gasteiger partial charge in [-0.3, -0.25) is 0 Å². The Hall–Kier alpha value is -0.920. The molecule has 72 valence electrons. The van der Waals surface area contributed by atoms with E-state index < -0.39 is 0 Å². The first-order valence-electron chi connectivity index (χ1n) is 5.19. The van der Waals surface area contributed by atoms with E-state index in [9.17, 15) is 0 Å². The predicted molar refractivity (Wildman–Crippen MR) is 55.7 cm³/mol. The lowest BCUT2D eigenvalue weighted by Gasteiger charge is -2.20. The van der Waals surface area contributed by atoms with E-state index in [1.165, 1.54) is 37.7 Å². The minimum atomic E-state index is 0.775. The second-order valence-electron chi connectivity index (χ2n) is 4.14. The number of aryl methyl sites for hydroxylation is 1. The number of aromatic nitrogens is 1. The van der Waals surface area contributed by atoms with E-state index >= 15 is 0 Å². The van der Waals surface area contributed by atoms with Crippen LogP contribution >= 0.6 is 0 Å². The predicted octanol–water partition coefficient (Wildman–Crippen LogP) is 2.66. The summed E-state index contributed by atoms with van der Waals surface area (Å²) < 4.78 is 2.02. The van der Waals surface area contributed by atoms with Gasteiger partial charge in [-0.2, -0.15) is 0 Å². The zero-order valence-electron chi connectivity index (χ0n) is 8.29. The molecule has 1 aliphatic rings. The van der Waals surface area contributed by atoms with E-state index in [1.807, 2.05) is 11.6 Å². The van der Waals surface area contributed by atoms with Crippen molar-refractivity contribution < 1.29 is 0 Å². The van der Waals surface area contributed by atoms with E-state index in [4.69, 9.17) is 5.73 Å². The highest BCUT2D eigenvalue weighted by atomic mass is 15.0. The van der Waals surface area contributed by atoms with E-state index in [0.29, 0.717) is 0 Å². The number of nitrogens with zero attached hydrogens (tertiary/aromatic N) is 1. The molecule has 0 radical (unpaired) electrons. The van der Waals surface area contributed by atoms with Gasteiger partial charge in [-0.25, -0.2) is 0 Å². The Morgan fingerprint density at radius 2 is 2.00 bits per heavy atom. The summed E-state index contributed by atoms with van der Waals surface area (Å²) in [7, 11) is 2.02. The highest BCUT2D eigenvalue weighted by molar-refractivity contribution is 5.37. The summed E-state index contributed by atoms with van der Waals surface area (Å²) in [4.78, 5) is 0. The monoisotopic (exact) mass is 178 g/mol. The average Bonchev–Trinajstić information content (AvgIpc) is 2.49. The Morgan fingerprint density at radius 3 is 2.54 bits per heavy atom. The molecule has 1 heterocycles. The Labute approximate surface area is 79.7 Å². The minimum absolute atomic E-state index is 0.775. The Bertz CT molecular complexity index is 263. The highest BCUT2D eigenvalue weighted by Crippen LogP contribution is 2.33. The lowest BCUT2D eigenvalue weighted by molar-refractivity contribution is 0.443. The van der Waals surface area contributed by atoms with Crippen LogP contribution in [-0.2, 0) is 7.05 Å². The van der Waals surface area contributed by atoms with Crippen LogP contribution < -0.4 is 5.73 Å². The van der Waals surface area contributed by atoms with Gasteiger partial charge in [-0.05, 0) is 30.4 Å². The number of hydrogen-bond acceptors (Lipinski definition) is 1. The smallest absolute Gasteiger partial charge is 0.103 e. The maximum Gasteiger partial charge on any atom is 0.103 e. The first-order valence-corrected chi connectivity index (χ1v) is 5.19. The molecule has 0 saturated heterocycles. The third-order valence-corrected chi connectivity index (χ3v) is 3.14. The number of anilines is 1. The SMILES string of the molecule is Cn1cc(C2CCCCC2)cc1N. The molecule has 0 bridgehead atoms. The van der Waals surface area contributed by atoms with Crippen LogP contribution in [0.1, 0.15) is 43.6 Å². The fourth-order valence-corrected chi connectivity index (χ4v) is 2.27. The van der Waals surface area contributed by atoms with Crippen LogP contribution in [0.5, 0.6) is 0 Å². The first kappa shape index (κ1) is 8.67. The standard InChI is InChI=1S/C11H18N2/c1-13-8-10(7-11(13)12)9-5-3-2-4-6-9/h7-9H,2-6,12H2,1H3. The molecule has 0 amide bonds. The third-order valence-electron chi connectivity index (χ3n) is 3.14. The van der Waals surface area contributed by atoms with Crippen LogP contribution in [0.15, 0.2) is 12.3 Å². The molecule has 0 aromatic carbocycles. The topological polar surface area (TPSA) is 30.9 Å². The van der Waals surface area contributed by atoms with Gasteiger partial charge in [0.2, 0.25) is 0 Å². The second kappa shape index (κ2) is 3.44. The van der Waals surface area contributed by atoms with Crippen molar-refractivity contribution in [3.05, 3.63) is 17.8 Å². The summed E-state index contributed by atoms with van der Waals surface area (Å²) in [5, 5.41) is 0. The summed E-state index contributed by atoms with van der Waals surface area (Å²) in [6.45, 7) is 0. The van der Waals surface area contributed by atoms with Gasteiger partial charge in [0.25, 0.3) is 0 Å². The van der Waals surface area contributed by atoms with Crippen molar-refractivity contribution in [3.63, 3.8) is 0 Å². The molecule has 0 spiro atoms. The summed E-state index contributed by atoms with van der Waals surface area (Å²) in [6.07, 6.45) is 9.08. The van der Waals surface area contributed by atoms with Gasteiger partial charge in [-0.15, -0.1) is 0 Å². The Kier molecular flexibility index (Phi) is 2.30. The summed E-state index contributed by atoms with van der Waals surface area (Å²) >= 11 is 0. The van der Waals surface area contributed by atoms with E-state index in [1.54, 1.807) is 0 Å². The molecule has 13 heavy (non-hydrogen) atoms. The van der Waals surface area contributed by atoms with Gasteiger partial charge in [0, 0.05) is 13.2 Å². The zero-order valence-corrected chi connectivity index (χ0v) is 8.29. The largest absolute Gasteiger partial charge is 0.385 e. The Morgan fingerprint density at radius 1 is 1.31 bits per heavy atom. The van der Waals surface area contributed by atoms with Crippen molar-refractivity contribution >= 4 is 5.82 Å². The van der Waals surface area contributed by atoms with E-state index in [-0.39, 0.29) is 0 Å². The quantitative estimate of drug-likeness (QED) is 0.704. The van der Waals surface area contributed by atoms with Crippen molar-refractivity contribution in [1.29, 1.82) is 0 Å². The van der Waals surface area contributed by atoms with Gasteiger partial charge >= 0.3 is 0 Å². The second-order valence-corrected chi connectivity index (χ2v) is 4.14. The number of rotatable bonds is 1. The molecule has 2 heteroatoms. The average molecular weight is 178 g/mol. The molecule has 0 unspecified atom stereocenters. The van der Waals surface area contributed by atoms with Crippen molar-refractivity contribution in [2.24, 2.45) is 7.05 Å². The van der Waals surface area contributed by atoms with Gasteiger partial charge in [0.1, 0.15) is 5.82 Å². The zero-order chi connectivity index (χ0) is 9.26. The lowest BCUT2D eigenvalue weighted by Crippen LogP contribution is -2.03. The van der Waals surface area contributed by atoms with Crippen LogP contribution in [0.2, 0.25) is 0 Å².